The number of benzene rings is 2. The van der Waals surface area contributed by atoms with E-state index in [1.54, 1.807) is 12.1 Å². The molecule has 27 heavy (non-hydrogen) atoms. The summed E-state index contributed by atoms with van der Waals surface area (Å²) in [6, 6.07) is 12.5. The lowest BCUT2D eigenvalue weighted by Crippen LogP contribution is -2.47. The molecule has 0 radical (unpaired) electrons. The molecule has 4 heterocycles. The van der Waals surface area contributed by atoms with Gasteiger partial charge in [0.2, 0.25) is 0 Å². The molecule has 5 heteroatoms. The number of Topliss-reactive ketones (excluding diaryl/α,β-unsaturated/α-hetero) is 1. The lowest BCUT2D eigenvalue weighted by atomic mass is 9.76. The van der Waals surface area contributed by atoms with Gasteiger partial charge in [0.05, 0.1) is 4.70 Å². The highest BCUT2D eigenvalue weighted by Gasteiger charge is 2.35. The van der Waals surface area contributed by atoms with Gasteiger partial charge in [0.1, 0.15) is 11.5 Å². The third-order valence-corrected chi connectivity index (χ3v) is 6.96. The van der Waals surface area contributed by atoms with E-state index in [0.29, 0.717) is 24.0 Å². The van der Waals surface area contributed by atoms with E-state index in [0.717, 1.165) is 27.8 Å². The van der Waals surface area contributed by atoms with Crippen molar-refractivity contribution in [2.24, 2.45) is 11.8 Å². The van der Waals surface area contributed by atoms with Crippen LogP contribution in [0.3, 0.4) is 0 Å². The Labute approximate surface area is 162 Å². The second-order valence-corrected chi connectivity index (χ2v) is 8.58. The molecule has 3 aromatic rings. The molecule has 3 aliphatic rings. The molecule has 0 spiro atoms. The Balaban J connectivity index is 1.39. The van der Waals surface area contributed by atoms with Crippen molar-refractivity contribution >= 4 is 27.4 Å². The van der Waals surface area contributed by atoms with E-state index < -0.39 is 0 Å². The first kappa shape index (κ1) is 17.0. The van der Waals surface area contributed by atoms with Crippen molar-refractivity contribution < 1.29 is 9.18 Å². The van der Waals surface area contributed by atoms with Gasteiger partial charge in [-0.25, -0.2) is 4.39 Å². The van der Waals surface area contributed by atoms with Gasteiger partial charge in [-0.2, -0.15) is 4.37 Å². The highest BCUT2D eigenvalue weighted by Crippen LogP contribution is 2.36. The van der Waals surface area contributed by atoms with Crippen LogP contribution in [0.1, 0.15) is 29.8 Å². The Kier molecular flexibility index (Phi) is 4.29. The van der Waals surface area contributed by atoms with Crippen LogP contribution in [-0.4, -0.2) is 34.7 Å². The molecule has 0 N–H and O–H groups in total. The Bertz CT molecular complexity index is 989. The number of hydrogen-bond donors (Lipinski definition) is 0. The Morgan fingerprint density at radius 2 is 1.85 bits per heavy atom. The van der Waals surface area contributed by atoms with Crippen LogP contribution in [0.2, 0.25) is 0 Å². The number of carbonyl (C=O) groups excluding carboxylic acids is 1. The van der Waals surface area contributed by atoms with Gasteiger partial charge in [0, 0.05) is 18.4 Å². The summed E-state index contributed by atoms with van der Waals surface area (Å²) in [5.41, 5.74) is 2.60. The summed E-state index contributed by atoms with van der Waals surface area (Å²) in [6.45, 7) is 3.45. The van der Waals surface area contributed by atoms with Crippen molar-refractivity contribution in [3.05, 3.63) is 54.0 Å². The molecule has 3 fully saturated rings. The monoisotopic (exact) mass is 380 g/mol. The maximum atomic E-state index is 13.1. The van der Waals surface area contributed by atoms with E-state index in [9.17, 15) is 9.18 Å². The topological polar surface area (TPSA) is 33.2 Å². The number of halogens is 1. The number of aromatic nitrogens is 1. The first-order valence-electron chi connectivity index (χ1n) is 9.58. The van der Waals surface area contributed by atoms with E-state index in [1.807, 2.05) is 18.2 Å². The van der Waals surface area contributed by atoms with Gasteiger partial charge in [-0.1, -0.05) is 24.3 Å². The zero-order chi connectivity index (χ0) is 18.4. The minimum absolute atomic E-state index is 0.175. The van der Waals surface area contributed by atoms with Gasteiger partial charge in [-0.15, -0.1) is 0 Å². The number of nitrogens with zero attached hydrogens (tertiary/aromatic N) is 2. The van der Waals surface area contributed by atoms with Crippen LogP contribution < -0.4 is 0 Å². The maximum absolute atomic E-state index is 13.1. The number of rotatable bonds is 4. The molecule has 138 valence electrons. The summed E-state index contributed by atoms with van der Waals surface area (Å²) >= 11 is 1.38. The molecule has 1 atom stereocenters. The molecular weight excluding hydrogens is 359 g/mol. The summed E-state index contributed by atoms with van der Waals surface area (Å²) in [4.78, 5) is 15.4. The number of fused-ring (bicyclic) bond motifs is 4. The molecule has 3 saturated heterocycles. The SMILES string of the molecule is O=C(C[C@H]1CN2CCC1CC2)c1nsc2cc(-c3ccc(F)cc3)ccc12. The number of carbonyl (C=O) groups is 1. The Hall–Kier alpha value is -2.11. The zero-order valence-corrected chi connectivity index (χ0v) is 15.8. The minimum Gasteiger partial charge on any atom is -0.303 e. The first-order chi connectivity index (χ1) is 13.2. The largest absolute Gasteiger partial charge is 0.303 e. The van der Waals surface area contributed by atoms with Crippen molar-refractivity contribution in [2.45, 2.75) is 19.3 Å². The van der Waals surface area contributed by atoms with Gasteiger partial charge in [0.15, 0.2) is 5.78 Å². The van der Waals surface area contributed by atoms with Crippen LogP contribution in [0.4, 0.5) is 4.39 Å². The average molecular weight is 380 g/mol. The zero-order valence-electron chi connectivity index (χ0n) is 15.0. The molecule has 0 amide bonds. The second-order valence-electron chi connectivity index (χ2n) is 7.77. The predicted molar refractivity (Wildman–Crippen MR) is 107 cm³/mol. The number of piperidine rings is 3. The van der Waals surface area contributed by atoms with Crippen LogP contribution >= 0.6 is 11.5 Å². The molecule has 3 aliphatic heterocycles. The molecule has 6 rings (SSSR count). The highest BCUT2D eigenvalue weighted by atomic mass is 32.1. The summed E-state index contributed by atoms with van der Waals surface area (Å²) < 4.78 is 18.6. The van der Waals surface area contributed by atoms with Crippen molar-refractivity contribution in [1.29, 1.82) is 0 Å². The van der Waals surface area contributed by atoms with E-state index in [-0.39, 0.29) is 11.6 Å². The Morgan fingerprint density at radius 1 is 1.11 bits per heavy atom. The lowest BCUT2D eigenvalue weighted by Gasteiger charge is -2.44. The Morgan fingerprint density at radius 3 is 2.56 bits per heavy atom. The van der Waals surface area contributed by atoms with Crippen LogP contribution in [0, 0.1) is 17.7 Å². The molecule has 3 nitrogen and oxygen atoms in total. The van der Waals surface area contributed by atoms with Gasteiger partial charge in [-0.3, -0.25) is 4.79 Å². The molecule has 2 bridgehead atoms. The molecule has 0 unspecified atom stereocenters. The third kappa shape index (κ3) is 3.19. The van der Waals surface area contributed by atoms with Crippen LogP contribution in [0.5, 0.6) is 0 Å². The number of hydrogen-bond acceptors (Lipinski definition) is 4. The molecule has 0 saturated carbocycles. The fourth-order valence-electron chi connectivity index (χ4n) is 4.61. The fourth-order valence-corrected chi connectivity index (χ4v) is 5.45. The van der Waals surface area contributed by atoms with Gasteiger partial charge >= 0.3 is 0 Å². The first-order valence-corrected chi connectivity index (χ1v) is 10.4. The highest BCUT2D eigenvalue weighted by molar-refractivity contribution is 7.13. The van der Waals surface area contributed by atoms with E-state index in [2.05, 4.69) is 9.27 Å². The van der Waals surface area contributed by atoms with Crippen molar-refractivity contribution in [3.8, 4) is 11.1 Å². The van der Waals surface area contributed by atoms with Gasteiger partial charge in [0.25, 0.3) is 0 Å². The van der Waals surface area contributed by atoms with Gasteiger partial charge < -0.3 is 4.90 Å². The van der Waals surface area contributed by atoms with Crippen LogP contribution in [0.15, 0.2) is 42.5 Å². The maximum Gasteiger partial charge on any atom is 0.183 e. The third-order valence-electron chi connectivity index (χ3n) is 6.15. The fraction of sp³-hybridized carbons (Fsp3) is 0.364. The van der Waals surface area contributed by atoms with Crippen LogP contribution in [0.25, 0.3) is 21.2 Å². The van der Waals surface area contributed by atoms with Crippen molar-refractivity contribution in [1.82, 2.24) is 9.27 Å². The lowest BCUT2D eigenvalue weighted by molar-refractivity contribution is 0.0440. The smallest absolute Gasteiger partial charge is 0.183 e. The van der Waals surface area contributed by atoms with Crippen LogP contribution in [-0.2, 0) is 0 Å². The second kappa shape index (κ2) is 6.80. The van der Waals surface area contributed by atoms with E-state index in [1.165, 1.54) is 49.6 Å². The van der Waals surface area contributed by atoms with Crippen molar-refractivity contribution in [3.63, 3.8) is 0 Å². The van der Waals surface area contributed by atoms with E-state index in [4.69, 9.17) is 0 Å². The normalized spacial score (nSPS) is 24.4. The summed E-state index contributed by atoms with van der Waals surface area (Å²) in [7, 11) is 0. The summed E-state index contributed by atoms with van der Waals surface area (Å²) in [5.74, 6) is 1.12. The molecule has 1 aromatic heterocycles. The molecule has 0 aliphatic carbocycles. The predicted octanol–water partition coefficient (Wildman–Crippen LogP) is 5.02. The quantitative estimate of drug-likeness (QED) is 0.596. The van der Waals surface area contributed by atoms with E-state index >= 15 is 0 Å². The number of ketones is 1. The molecular formula is C22H21FN2OS. The minimum atomic E-state index is -0.238. The molecule has 2 aromatic carbocycles. The summed E-state index contributed by atoms with van der Waals surface area (Å²) in [5, 5.41) is 0.942. The summed E-state index contributed by atoms with van der Waals surface area (Å²) in [6.07, 6.45) is 3.08. The van der Waals surface area contributed by atoms with Gasteiger partial charge in [-0.05, 0) is 78.6 Å². The standard InChI is InChI=1S/C22H21FN2OS/c23-18-4-1-14(2-5-18)16-3-6-19-21(12-16)27-24-22(19)20(26)11-17-13-25-9-7-15(17)8-10-25/h1-6,12,15,17H,7-11,13H2/t17-/m0/s1. The average Bonchev–Trinajstić information content (AvgIpc) is 3.13. The van der Waals surface area contributed by atoms with Crippen molar-refractivity contribution in [2.75, 3.05) is 19.6 Å².